The van der Waals surface area contributed by atoms with Crippen molar-refractivity contribution in [1.29, 1.82) is 5.26 Å². The van der Waals surface area contributed by atoms with Crippen molar-refractivity contribution in [2.45, 2.75) is 33.2 Å². The van der Waals surface area contributed by atoms with Crippen LogP contribution >= 0.6 is 0 Å². The zero-order chi connectivity index (χ0) is 19.2. The SMILES string of the molecule is CN(C)CC(C)(C)CNC(=O)C1CCN(Cc2ccc(C#N)cc2)CC1. The molecule has 1 heterocycles. The molecule has 26 heavy (non-hydrogen) atoms. The van der Waals surface area contributed by atoms with Crippen LogP contribution in [0.3, 0.4) is 0 Å². The molecule has 142 valence electrons. The second-order valence-corrected chi connectivity index (χ2v) is 8.48. The minimum Gasteiger partial charge on any atom is -0.355 e. The molecule has 1 fully saturated rings. The molecule has 1 aromatic rings. The van der Waals surface area contributed by atoms with E-state index in [9.17, 15) is 4.79 Å². The third-order valence-corrected chi connectivity index (χ3v) is 4.93. The van der Waals surface area contributed by atoms with Crippen LogP contribution in [0, 0.1) is 22.7 Å². The Kier molecular flexibility index (Phi) is 7.19. The molecule has 1 aliphatic rings. The monoisotopic (exact) mass is 356 g/mol. The first-order valence-corrected chi connectivity index (χ1v) is 9.43. The van der Waals surface area contributed by atoms with Crippen molar-refractivity contribution in [3.63, 3.8) is 0 Å². The van der Waals surface area contributed by atoms with Crippen LogP contribution in [-0.2, 0) is 11.3 Å². The lowest BCUT2D eigenvalue weighted by Crippen LogP contribution is -2.44. The Balaban J connectivity index is 1.75. The fraction of sp³-hybridized carbons (Fsp3) is 0.619. The van der Waals surface area contributed by atoms with E-state index in [1.54, 1.807) is 0 Å². The Morgan fingerprint density at radius 3 is 2.42 bits per heavy atom. The van der Waals surface area contributed by atoms with Gasteiger partial charge in [-0.25, -0.2) is 0 Å². The van der Waals surface area contributed by atoms with Crippen LogP contribution < -0.4 is 5.32 Å². The molecular weight excluding hydrogens is 324 g/mol. The smallest absolute Gasteiger partial charge is 0.223 e. The first-order chi connectivity index (χ1) is 12.3. The van der Waals surface area contributed by atoms with Gasteiger partial charge in [-0.1, -0.05) is 26.0 Å². The maximum atomic E-state index is 12.5. The Bertz CT molecular complexity index is 622. The molecule has 2 rings (SSSR count). The summed E-state index contributed by atoms with van der Waals surface area (Å²) >= 11 is 0. The van der Waals surface area contributed by atoms with E-state index in [1.807, 2.05) is 24.3 Å². The van der Waals surface area contributed by atoms with Crippen molar-refractivity contribution in [2.75, 3.05) is 40.3 Å². The van der Waals surface area contributed by atoms with E-state index in [2.05, 4.69) is 49.1 Å². The normalized spacial score (nSPS) is 16.5. The summed E-state index contributed by atoms with van der Waals surface area (Å²) in [4.78, 5) is 17.0. The van der Waals surface area contributed by atoms with Crippen LogP contribution in [0.25, 0.3) is 0 Å². The van der Waals surface area contributed by atoms with Crippen LogP contribution in [0.4, 0.5) is 0 Å². The van der Waals surface area contributed by atoms with Gasteiger partial charge in [0.2, 0.25) is 5.91 Å². The van der Waals surface area contributed by atoms with Gasteiger partial charge in [0.05, 0.1) is 11.6 Å². The summed E-state index contributed by atoms with van der Waals surface area (Å²) in [7, 11) is 4.13. The van der Waals surface area contributed by atoms with Crippen LogP contribution in [-0.4, -0.2) is 56.0 Å². The second-order valence-electron chi connectivity index (χ2n) is 8.48. The predicted octanol–water partition coefficient (Wildman–Crippen LogP) is 2.47. The van der Waals surface area contributed by atoms with Gasteiger partial charge in [-0.3, -0.25) is 9.69 Å². The van der Waals surface area contributed by atoms with E-state index in [4.69, 9.17) is 5.26 Å². The number of hydrogen-bond donors (Lipinski definition) is 1. The molecule has 1 saturated heterocycles. The maximum absolute atomic E-state index is 12.5. The van der Waals surface area contributed by atoms with Gasteiger partial charge in [-0.2, -0.15) is 5.26 Å². The molecule has 0 spiro atoms. The average Bonchev–Trinajstić information content (AvgIpc) is 2.60. The van der Waals surface area contributed by atoms with E-state index in [0.717, 1.165) is 45.6 Å². The molecule has 0 radical (unpaired) electrons. The minimum absolute atomic E-state index is 0.0788. The highest BCUT2D eigenvalue weighted by Gasteiger charge is 2.27. The largest absolute Gasteiger partial charge is 0.355 e. The summed E-state index contributed by atoms with van der Waals surface area (Å²) in [5.74, 6) is 0.331. The average molecular weight is 357 g/mol. The predicted molar refractivity (Wildman–Crippen MR) is 105 cm³/mol. The van der Waals surface area contributed by atoms with E-state index in [0.29, 0.717) is 5.56 Å². The number of carbonyl (C=O) groups excluding carboxylic acids is 1. The molecule has 5 heteroatoms. The molecular formula is C21H32N4O. The van der Waals surface area contributed by atoms with Crippen LogP contribution in [0.1, 0.15) is 37.8 Å². The number of nitrogens with zero attached hydrogens (tertiary/aromatic N) is 3. The van der Waals surface area contributed by atoms with Crippen LogP contribution in [0.15, 0.2) is 24.3 Å². The van der Waals surface area contributed by atoms with E-state index >= 15 is 0 Å². The zero-order valence-corrected chi connectivity index (χ0v) is 16.6. The highest BCUT2D eigenvalue weighted by Crippen LogP contribution is 2.20. The van der Waals surface area contributed by atoms with E-state index in [-0.39, 0.29) is 17.2 Å². The lowest BCUT2D eigenvalue weighted by atomic mass is 9.91. The molecule has 0 aliphatic carbocycles. The fourth-order valence-corrected chi connectivity index (χ4v) is 3.68. The topological polar surface area (TPSA) is 59.4 Å². The standard InChI is InChI=1S/C21H32N4O/c1-21(2,16-24(3)4)15-23-20(26)19-9-11-25(12-10-19)14-18-7-5-17(13-22)6-8-18/h5-8,19H,9-12,14-16H2,1-4H3,(H,23,26). The van der Waals surface area contributed by atoms with Crippen molar-refractivity contribution in [3.05, 3.63) is 35.4 Å². The van der Waals surface area contributed by atoms with Crippen molar-refractivity contribution < 1.29 is 4.79 Å². The molecule has 5 nitrogen and oxygen atoms in total. The molecule has 1 aromatic carbocycles. The third-order valence-electron chi connectivity index (χ3n) is 4.93. The van der Waals surface area contributed by atoms with E-state index in [1.165, 1.54) is 5.56 Å². The number of piperidine rings is 1. The number of likely N-dealkylation sites (tertiary alicyclic amines) is 1. The van der Waals surface area contributed by atoms with Gasteiger partial charge in [0.1, 0.15) is 0 Å². The summed E-state index contributed by atoms with van der Waals surface area (Å²) in [5, 5.41) is 12.0. The van der Waals surface area contributed by atoms with Crippen LogP contribution in [0.2, 0.25) is 0 Å². The number of amides is 1. The van der Waals surface area contributed by atoms with E-state index < -0.39 is 0 Å². The Hall–Kier alpha value is -1.90. The molecule has 0 aromatic heterocycles. The van der Waals surface area contributed by atoms with Crippen LogP contribution in [0.5, 0.6) is 0 Å². The summed E-state index contributed by atoms with van der Waals surface area (Å²) in [5.41, 5.74) is 1.99. The van der Waals surface area contributed by atoms with Gasteiger partial charge < -0.3 is 10.2 Å². The van der Waals surface area contributed by atoms with Gasteiger partial charge in [0.25, 0.3) is 0 Å². The summed E-state index contributed by atoms with van der Waals surface area (Å²) < 4.78 is 0. The summed E-state index contributed by atoms with van der Waals surface area (Å²) in [6.07, 6.45) is 1.83. The molecule has 1 N–H and O–H groups in total. The highest BCUT2D eigenvalue weighted by molar-refractivity contribution is 5.78. The fourth-order valence-electron chi connectivity index (χ4n) is 3.68. The van der Waals surface area contributed by atoms with Gasteiger partial charge >= 0.3 is 0 Å². The van der Waals surface area contributed by atoms with Gasteiger partial charge in [0.15, 0.2) is 0 Å². The maximum Gasteiger partial charge on any atom is 0.223 e. The molecule has 1 amide bonds. The molecule has 0 atom stereocenters. The number of hydrogen-bond acceptors (Lipinski definition) is 4. The second kappa shape index (κ2) is 9.16. The Morgan fingerprint density at radius 1 is 1.27 bits per heavy atom. The molecule has 0 saturated carbocycles. The Labute approximate surface area is 158 Å². The number of rotatable bonds is 7. The first-order valence-electron chi connectivity index (χ1n) is 9.43. The third kappa shape index (κ3) is 6.44. The number of nitrogens with one attached hydrogen (secondary N) is 1. The molecule has 0 bridgehead atoms. The van der Waals surface area contributed by atoms with Crippen molar-refractivity contribution in [1.82, 2.24) is 15.1 Å². The first kappa shape index (κ1) is 20.4. The highest BCUT2D eigenvalue weighted by atomic mass is 16.1. The number of carbonyl (C=O) groups is 1. The molecule has 1 aliphatic heterocycles. The molecule has 0 unspecified atom stereocenters. The Morgan fingerprint density at radius 2 is 1.88 bits per heavy atom. The minimum atomic E-state index is 0.0788. The van der Waals surface area contributed by atoms with Crippen molar-refractivity contribution >= 4 is 5.91 Å². The lowest BCUT2D eigenvalue weighted by molar-refractivity contribution is -0.127. The summed E-state index contributed by atoms with van der Waals surface area (Å²) in [6.45, 7) is 8.82. The van der Waals surface area contributed by atoms with Gasteiger partial charge in [-0.15, -0.1) is 0 Å². The van der Waals surface area contributed by atoms with Gasteiger partial charge in [0, 0.05) is 25.6 Å². The summed E-state index contributed by atoms with van der Waals surface area (Å²) in [6, 6.07) is 9.92. The van der Waals surface area contributed by atoms with Crippen molar-refractivity contribution in [3.8, 4) is 6.07 Å². The quantitative estimate of drug-likeness (QED) is 0.815. The number of nitriles is 1. The van der Waals surface area contributed by atoms with Gasteiger partial charge in [-0.05, 0) is 63.1 Å². The number of benzene rings is 1. The lowest BCUT2D eigenvalue weighted by Gasteiger charge is -2.33. The van der Waals surface area contributed by atoms with Crippen molar-refractivity contribution in [2.24, 2.45) is 11.3 Å². The zero-order valence-electron chi connectivity index (χ0n) is 16.6.